The second-order valence-electron chi connectivity index (χ2n) is 9.17. The second kappa shape index (κ2) is 7.41. The molecule has 0 N–H and O–H groups in total. The predicted molar refractivity (Wildman–Crippen MR) is 122 cm³/mol. The topological polar surface area (TPSA) is 70.4 Å². The van der Waals surface area contributed by atoms with E-state index in [1.165, 1.54) is 12.3 Å². The zero-order chi connectivity index (χ0) is 22.7. The van der Waals surface area contributed by atoms with Gasteiger partial charge in [0.2, 0.25) is 11.9 Å². The molecule has 2 fully saturated rings. The summed E-state index contributed by atoms with van der Waals surface area (Å²) in [6.45, 7) is 6.27. The summed E-state index contributed by atoms with van der Waals surface area (Å²) in [5.41, 5.74) is 2.13. The zero-order valence-corrected chi connectivity index (χ0v) is 19.0. The van der Waals surface area contributed by atoms with Gasteiger partial charge in [-0.3, -0.25) is 9.36 Å². The van der Waals surface area contributed by atoms with Gasteiger partial charge in [0.25, 0.3) is 0 Å². The normalized spacial score (nSPS) is 18.3. The fraction of sp³-hybridized carbons (Fsp3) is 0.391. The van der Waals surface area contributed by atoms with Gasteiger partial charge in [-0.2, -0.15) is 0 Å². The van der Waals surface area contributed by atoms with Crippen LogP contribution in [0.1, 0.15) is 24.7 Å². The SMILES string of the molecule is CCC(=O)N1Cc2cc(Cl)ccc2-n2c(nnc2N2CC3(CN(c4ccc(F)cn4)C3)C2)C1. The highest BCUT2D eigenvalue weighted by Crippen LogP contribution is 2.44. The van der Waals surface area contributed by atoms with Crippen LogP contribution in [0.2, 0.25) is 5.02 Å². The smallest absolute Gasteiger partial charge is 0.232 e. The molecule has 1 amide bonds. The van der Waals surface area contributed by atoms with Crippen LogP contribution in [0.15, 0.2) is 36.5 Å². The predicted octanol–water partition coefficient (Wildman–Crippen LogP) is 3.03. The number of rotatable bonds is 3. The first-order valence-corrected chi connectivity index (χ1v) is 11.4. The van der Waals surface area contributed by atoms with E-state index >= 15 is 0 Å². The van der Waals surface area contributed by atoms with E-state index in [1.807, 2.05) is 30.0 Å². The summed E-state index contributed by atoms with van der Waals surface area (Å²) in [6.07, 6.45) is 1.69. The van der Waals surface area contributed by atoms with Gasteiger partial charge in [0.1, 0.15) is 11.6 Å². The molecule has 1 spiro atoms. The molecule has 0 atom stereocenters. The molecule has 0 unspecified atom stereocenters. The van der Waals surface area contributed by atoms with Crippen molar-refractivity contribution in [2.45, 2.75) is 26.4 Å². The van der Waals surface area contributed by atoms with Crippen LogP contribution in [0.3, 0.4) is 0 Å². The third-order valence-electron chi connectivity index (χ3n) is 6.77. The third-order valence-corrected chi connectivity index (χ3v) is 7.00. The molecular weight excluding hydrogens is 445 g/mol. The van der Waals surface area contributed by atoms with Crippen LogP contribution in [-0.2, 0) is 17.9 Å². The van der Waals surface area contributed by atoms with Crippen LogP contribution in [0.5, 0.6) is 0 Å². The van der Waals surface area contributed by atoms with Gasteiger partial charge >= 0.3 is 0 Å². The average Bonchev–Trinajstić information content (AvgIpc) is 3.07. The van der Waals surface area contributed by atoms with Crippen LogP contribution in [-0.4, -0.2) is 56.7 Å². The van der Waals surface area contributed by atoms with E-state index in [1.54, 1.807) is 6.07 Å². The van der Waals surface area contributed by atoms with E-state index in [0.717, 1.165) is 55.0 Å². The fourth-order valence-corrected chi connectivity index (χ4v) is 5.37. The standard InChI is InChI=1S/C23H23ClFN7O/c1-2-21(33)29-9-15-7-16(24)3-5-18(15)32-20(10-29)27-28-22(32)31-13-23(14-31)11-30(12-23)19-6-4-17(25)8-26-19/h3-8H,2,9-14H2,1H3. The van der Waals surface area contributed by atoms with Crippen LogP contribution in [0, 0.1) is 11.2 Å². The van der Waals surface area contributed by atoms with E-state index in [-0.39, 0.29) is 17.1 Å². The van der Waals surface area contributed by atoms with Gasteiger partial charge in [0.05, 0.1) is 18.4 Å². The lowest BCUT2D eigenvalue weighted by atomic mass is 9.73. The van der Waals surface area contributed by atoms with Crippen LogP contribution in [0.25, 0.3) is 5.69 Å². The minimum Gasteiger partial charge on any atom is -0.355 e. The molecule has 0 radical (unpaired) electrons. The summed E-state index contributed by atoms with van der Waals surface area (Å²) in [7, 11) is 0. The van der Waals surface area contributed by atoms with Gasteiger partial charge in [-0.25, -0.2) is 9.37 Å². The van der Waals surface area contributed by atoms with Gasteiger partial charge < -0.3 is 14.7 Å². The van der Waals surface area contributed by atoms with Gasteiger partial charge in [-0.1, -0.05) is 18.5 Å². The summed E-state index contributed by atoms with van der Waals surface area (Å²) in [5.74, 6) is 2.11. The minimum absolute atomic E-state index is 0.0748. The molecule has 2 aromatic heterocycles. The van der Waals surface area contributed by atoms with Crippen LogP contribution >= 0.6 is 11.6 Å². The Bertz CT molecular complexity index is 1230. The first kappa shape index (κ1) is 20.4. The summed E-state index contributed by atoms with van der Waals surface area (Å²) >= 11 is 6.28. The molecule has 33 heavy (non-hydrogen) atoms. The highest BCUT2D eigenvalue weighted by molar-refractivity contribution is 6.30. The van der Waals surface area contributed by atoms with Gasteiger partial charge in [0, 0.05) is 49.6 Å². The van der Waals surface area contributed by atoms with Crippen molar-refractivity contribution in [3.05, 3.63) is 58.8 Å². The molecule has 10 heteroatoms. The molecular formula is C23H23ClFN7O. The van der Waals surface area contributed by atoms with Gasteiger partial charge in [0.15, 0.2) is 5.82 Å². The number of carbonyl (C=O) groups is 1. The summed E-state index contributed by atoms with van der Waals surface area (Å²) < 4.78 is 15.2. The lowest BCUT2D eigenvalue weighted by molar-refractivity contribution is -0.132. The minimum atomic E-state index is -0.322. The second-order valence-corrected chi connectivity index (χ2v) is 9.61. The van der Waals surface area contributed by atoms with Crippen molar-refractivity contribution in [3.8, 4) is 5.69 Å². The highest BCUT2D eigenvalue weighted by Gasteiger charge is 2.53. The molecule has 8 nitrogen and oxygen atoms in total. The van der Waals surface area contributed by atoms with Gasteiger partial charge in [-0.15, -0.1) is 10.2 Å². The summed E-state index contributed by atoms with van der Waals surface area (Å²) in [6, 6.07) is 8.94. The van der Waals surface area contributed by atoms with Crippen molar-refractivity contribution in [1.82, 2.24) is 24.6 Å². The Morgan fingerprint density at radius 3 is 2.61 bits per heavy atom. The number of nitrogens with zero attached hydrogens (tertiary/aromatic N) is 7. The molecule has 0 saturated carbocycles. The summed E-state index contributed by atoms with van der Waals surface area (Å²) in [5, 5.41) is 9.61. The first-order valence-electron chi connectivity index (χ1n) is 11.1. The average molecular weight is 468 g/mol. The van der Waals surface area contributed by atoms with E-state index in [9.17, 15) is 9.18 Å². The number of anilines is 2. The number of hydrogen-bond acceptors (Lipinski definition) is 6. The molecule has 5 heterocycles. The Morgan fingerprint density at radius 1 is 1.09 bits per heavy atom. The molecule has 3 aliphatic rings. The van der Waals surface area contributed by atoms with E-state index < -0.39 is 0 Å². The van der Waals surface area contributed by atoms with E-state index in [0.29, 0.717) is 24.5 Å². The molecule has 3 aliphatic heterocycles. The van der Waals surface area contributed by atoms with Crippen LogP contribution < -0.4 is 9.80 Å². The van der Waals surface area contributed by atoms with Crippen LogP contribution in [0.4, 0.5) is 16.2 Å². The third kappa shape index (κ3) is 3.33. The Morgan fingerprint density at radius 2 is 1.88 bits per heavy atom. The number of carbonyl (C=O) groups excluding carboxylic acids is 1. The van der Waals surface area contributed by atoms with Crippen molar-refractivity contribution in [1.29, 1.82) is 0 Å². The number of pyridine rings is 1. The molecule has 6 rings (SSSR count). The molecule has 170 valence electrons. The van der Waals surface area contributed by atoms with Crippen molar-refractivity contribution in [2.75, 3.05) is 36.0 Å². The van der Waals surface area contributed by atoms with Crippen molar-refractivity contribution in [3.63, 3.8) is 0 Å². The number of halogens is 2. The lowest BCUT2D eigenvalue weighted by Crippen LogP contribution is -2.73. The Hall–Kier alpha value is -3.20. The molecule has 3 aromatic rings. The highest BCUT2D eigenvalue weighted by atomic mass is 35.5. The number of fused-ring (bicyclic) bond motifs is 3. The van der Waals surface area contributed by atoms with Crippen molar-refractivity contribution in [2.24, 2.45) is 5.41 Å². The fourth-order valence-electron chi connectivity index (χ4n) is 5.18. The Balaban J connectivity index is 1.25. The Labute approximate surface area is 195 Å². The number of benzene rings is 1. The monoisotopic (exact) mass is 467 g/mol. The quantitative estimate of drug-likeness (QED) is 0.589. The van der Waals surface area contributed by atoms with E-state index in [4.69, 9.17) is 11.6 Å². The van der Waals surface area contributed by atoms with E-state index in [2.05, 4.69) is 29.5 Å². The van der Waals surface area contributed by atoms with Crippen molar-refractivity contribution < 1.29 is 9.18 Å². The Kier molecular flexibility index (Phi) is 4.58. The molecule has 1 aromatic carbocycles. The van der Waals surface area contributed by atoms with Crippen molar-refractivity contribution >= 4 is 29.3 Å². The molecule has 2 saturated heterocycles. The maximum Gasteiger partial charge on any atom is 0.232 e. The largest absolute Gasteiger partial charge is 0.355 e. The molecule has 0 aliphatic carbocycles. The summed E-state index contributed by atoms with van der Waals surface area (Å²) in [4.78, 5) is 22.9. The number of amides is 1. The zero-order valence-electron chi connectivity index (χ0n) is 18.2. The maximum atomic E-state index is 13.2. The first-order chi connectivity index (χ1) is 15.9. The van der Waals surface area contributed by atoms with Gasteiger partial charge in [-0.05, 0) is 35.9 Å². The lowest BCUT2D eigenvalue weighted by Gasteiger charge is -2.60. The maximum absolute atomic E-state index is 13.2. The number of aromatic nitrogens is 4. The number of hydrogen-bond donors (Lipinski definition) is 0. The molecule has 0 bridgehead atoms.